The highest BCUT2D eigenvalue weighted by molar-refractivity contribution is 7.17. The van der Waals surface area contributed by atoms with Gasteiger partial charge in [0.2, 0.25) is 5.95 Å². The molecular weight excluding hydrogens is 384 g/mol. The molecule has 8 nitrogen and oxygen atoms in total. The van der Waals surface area contributed by atoms with E-state index in [9.17, 15) is 0 Å². The average Bonchev–Trinajstić information content (AvgIpc) is 3.09. The largest absolute Gasteiger partial charge is 0.339 e. The van der Waals surface area contributed by atoms with Gasteiger partial charge in [-0.15, -0.1) is 11.3 Å². The number of aromatic amines is 1. The molecule has 0 saturated heterocycles. The Labute approximate surface area is 170 Å². The number of thiophene rings is 1. The fraction of sp³-hybridized carbons (Fsp3) is 0.200. The maximum atomic E-state index is 4.75. The normalized spacial score (nSPS) is 14.0. The molecule has 0 radical (unpaired) electrons. The number of fused-ring (bicyclic) bond motifs is 2. The van der Waals surface area contributed by atoms with Crippen LogP contribution in [0.15, 0.2) is 41.9 Å². The van der Waals surface area contributed by atoms with Gasteiger partial charge in [0.1, 0.15) is 5.82 Å². The number of hydrogen-bond acceptors (Lipinski definition) is 7. The SMILES string of the molecule is Cn1nc(C2CC2)cc1Nc1nc(Nc2ccc3[nH]ncc3c2)c2sccc2n1. The van der Waals surface area contributed by atoms with E-state index in [0.29, 0.717) is 11.9 Å². The van der Waals surface area contributed by atoms with E-state index in [1.807, 2.05) is 41.5 Å². The Balaban J connectivity index is 1.36. The number of aromatic nitrogens is 6. The zero-order valence-corrected chi connectivity index (χ0v) is 16.5. The lowest BCUT2D eigenvalue weighted by atomic mass is 10.2. The molecule has 0 bridgehead atoms. The number of aryl methyl sites for hydroxylation is 1. The van der Waals surface area contributed by atoms with Crippen molar-refractivity contribution in [3.05, 3.63) is 47.6 Å². The first-order valence-corrected chi connectivity index (χ1v) is 10.4. The molecule has 1 aliphatic rings. The van der Waals surface area contributed by atoms with E-state index in [-0.39, 0.29) is 0 Å². The molecule has 6 rings (SSSR count). The summed E-state index contributed by atoms with van der Waals surface area (Å²) in [5.41, 5.74) is 4.00. The van der Waals surface area contributed by atoms with Crippen molar-refractivity contribution in [1.29, 1.82) is 0 Å². The Kier molecular flexibility index (Phi) is 3.57. The minimum atomic E-state index is 0.549. The summed E-state index contributed by atoms with van der Waals surface area (Å²) in [6.45, 7) is 0. The molecule has 144 valence electrons. The second kappa shape index (κ2) is 6.28. The van der Waals surface area contributed by atoms with Crippen LogP contribution in [-0.2, 0) is 7.05 Å². The number of nitrogens with zero attached hydrogens (tertiary/aromatic N) is 5. The van der Waals surface area contributed by atoms with Gasteiger partial charge in [0.15, 0.2) is 5.82 Å². The molecule has 3 N–H and O–H groups in total. The van der Waals surface area contributed by atoms with Gasteiger partial charge in [0.25, 0.3) is 0 Å². The first kappa shape index (κ1) is 16.5. The minimum Gasteiger partial charge on any atom is -0.339 e. The first-order chi connectivity index (χ1) is 14.2. The average molecular weight is 402 g/mol. The van der Waals surface area contributed by atoms with Crippen molar-refractivity contribution in [3.63, 3.8) is 0 Å². The van der Waals surface area contributed by atoms with Crippen LogP contribution in [0.25, 0.3) is 21.1 Å². The predicted octanol–water partition coefficient (Wildman–Crippen LogP) is 4.67. The Morgan fingerprint density at radius 1 is 1.14 bits per heavy atom. The molecule has 1 aliphatic carbocycles. The molecule has 0 aliphatic heterocycles. The van der Waals surface area contributed by atoms with Crippen LogP contribution in [0.2, 0.25) is 0 Å². The van der Waals surface area contributed by atoms with E-state index < -0.39 is 0 Å². The molecule has 0 spiro atoms. The van der Waals surface area contributed by atoms with Crippen LogP contribution in [-0.4, -0.2) is 29.9 Å². The van der Waals surface area contributed by atoms with Crippen LogP contribution in [0, 0.1) is 0 Å². The van der Waals surface area contributed by atoms with E-state index in [1.165, 1.54) is 12.8 Å². The Hall–Kier alpha value is -3.46. The van der Waals surface area contributed by atoms with Gasteiger partial charge in [-0.3, -0.25) is 9.78 Å². The van der Waals surface area contributed by atoms with Crippen molar-refractivity contribution in [2.75, 3.05) is 10.6 Å². The quantitative estimate of drug-likeness (QED) is 0.395. The molecule has 5 aromatic rings. The third-order valence-corrected chi connectivity index (χ3v) is 6.05. The summed E-state index contributed by atoms with van der Waals surface area (Å²) in [6.07, 6.45) is 4.26. The van der Waals surface area contributed by atoms with Crippen molar-refractivity contribution in [3.8, 4) is 0 Å². The number of nitrogens with one attached hydrogen (secondary N) is 3. The molecule has 0 atom stereocenters. The first-order valence-electron chi connectivity index (χ1n) is 9.49. The lowest BCUT2D eigenvalue weighted by Gasteiger charge is -2.10. The number of anilines is 4. The maximum Gasteiger partial charge on any atom is 0.230 e. The monoisotopic (exact) mass is 402 g/mol. The summed E-state index contributed by atoms with van der Waals surface area (Å²) in [6, 6.07) is 10.2. The van der Waals surface area contributed by atoms with Crippen LogP contribution in [0.5, 0.6) is 0 Å². The number of hydrogen-bond donors (Lipinski definition) is 3. The molecule has 9 heteroatoms. The van der Waals surface area contributed by atoms with Crippen molar-refractivity contribution in [2.45, 2.75) is 18.8 Å². The van der Waals surface area contributed by atoms with E-state index in [4.69, 9.17) is 4.98 Å². The highest BCUT2D eigenvalue weighted by atomic mass is 32.1. The molecule has 4 heterocycles. The van der Waals surface area contributed by atoms with Gasteiger partial charge in [-0.25, -0.2) is 4.98 Å². The van der Waals surface area contributed by atoms with Crippen LogP contribution in [0.1, 0.15) is 24.5 Å². The molecule has 0 amide bonds. The van der Waals surface area contributed by atoms with Gasteiger partial charge in [-0.2, -0.15) is 15.2 Å². The second-order valence-corrected chi connectivity index (χ2v) is 8.22. The summed E-state index contributed by atoms with van der Waals surface area (Å²) in [5.74, 6) is 2.83. The lowest BCUT2D eigenvalue weighted by Crippen LogP contribution is -2.04. The second-order valence-electron chi connectivity index (χ2n) is 7.31. The van der Waals surface area contributed by atoms with Crippen LogP contribution < -0.4 is 10.6 Å². The zero-order valence-electron chi connectivity index (χ0n) is 15.7. The standard InChI is InChI=1S/C20H18N8S/c1-28-17(9-16(27-28)11-2-3-11)24-20-23-15-6-7-29-18(15)19(25-20)22-13-4-5-14-12(8-13)10-21-26-14/h4-11H,2-3H2,1H3,(H,21,26)(H2,22,23,24,25). The molecule has 29 heavy (non-hydrogen) atoms. The molecule has 1 fully saturated rings. The van der Waals surface area contributed by atoms with Gasteiger partial charge < -0.3 is 10.6 Å². The van der Waals surface area contributed by atoms with E-state index in [1.54, 1.807) is 11.3 Å². The number of rotatable bonds is 5. The Morgan fingerprint density at radius 2 is 2.07 bits per heavy atom. The molecule has 0 unspecified atom stereocenters. The molecule has 4 aromatic heterocycles. The maximum absolute atomic E-state index is 4.75. The smallest absolute Gasteiger partial charge is 0.230 e. The Morgan fingerprint density at radius 3 is 2.97 bits per heavy atom. The number of benzene rings is 1. The van der Waals surface area contributed by atoms with Crippen LogP contribution >= 0.6 is 11.3 Å². The molecule has 1 aromatic carbocycles. The molecule has 1 saturated carbocycles. The van der Waals surface area contributed by atoms with Crippen LogP contribution in [0.3, 0.4) is 0 Å². The van der Waals surface area contributed by atoms with Crippen molar-refractivity contribution in [1.82, 2.24) is 29.9 Å². The summed E-state index contributed by atoms with van der Waals surface area (Å²) in [4.78, 5) is 9.43. The fourth-order valence-electron chi connectivity index (χ4n) is 3.46. The third-order valence-electron chi connectivity index (χ3n) is 5.14. The predicted molar refractivity (Wildman–Crippen MR) is 115 cm³/mol. The molecular formula is C20H18N8S. The summed E-state index contributed by atoms with van der Waals surface area (Å²) >= 11 is 1.62. The fourth-order valence-corrected chi connectivity index (χ4v) is 4.24. The summed E-state index contributed by atoms with van der Waals surface area (Å²) < 4.78 is 2.88. The third kappa shape index (κ3) is 2.99. The van der Waals surface area contributed by atoms with Crippen molar-refractivity contribution >= 4 is 55.7 Å². The number of H-pyrrole nitrogens is 1. The highest BCUT2D eigenvalue weighted by Crippen LogP contribution is 2.40. The van der Waals surface area contributed by atoms with Gasteiger partial charge >= 0.3 is 0 Å². The van der Waals surface area contributed by atoms with Gasteiger partial charge in [0, 0.05) is 30.1 Å². The van der Waals surface area contributed by atoms with Crippen molar-refractivity contribution < 1.29 is 0 Å². The van der Waals surface area contributed by atoms with E-state index >= 15 is 0 Å². The van der Waals surface area contributed by atoms with Gasteiger partial charge in [-0.1, -0.05) is 0 Å². The van der Waals surface area contributed by atoms with Crippen LogP contribution in [0.4, 0.5) is 23.3 Å². The van der Waals surface area contributed by atoms with Gasteiger partial charge in [0.05, 0.1) is 27.6 Å². The topological polar surface area (TPSA) is 96.3 Å². The summed E-state index contributed by atoms with van der Waals surface area (Å²) in [7, 11) is 1.94. The lowest BCUT2D eigenvalue weighted by molar-refractivity contribution is 0.750. The Bertz CT molecular complexity index is 1340. The van der Waals surface area contributed by atoms with Crippen molar-refractivity contribution in [2.24, 2.45) is 7.05 Å². The van der Waals surface area contributed by atoms with E-state index in [2.05, 4.69) is 43.0 Å². The highest BCUT2D eigenvalue weighted by Gasteiger charge is 2.27. The zero-order chi connectivity index (χ0) is 19.4. The summed E-state index contributed by atoms with van der Waals surface area (Å²) in [5, 5.41) is 21.5. The minimum absolute atomic E-state index is 0.549. The van der Waals surface area contributed by atoms with Gasteiger partial charge in [-0.05, 0) is 42.5 Å². The van der Waals surface area contributed by atoms with E-state index in [0.717, 1.165) is 44.1 Å².